The molecule has 108 valence electrons. The number of ether oxygens (including phenoxy) is 3. The van der Waals surface area contributed by atoms with E-state index in [-0.39, 0.29) is 0 Å². The average molecular weight is 284 g/mol. The lowest BCUT2D eigenvalue weighted by Gasteiger charge is -2.10. The zero-order valence-electron chi connectivity index (χ0n) is 11.9. The number of nitrogens with zero attached hydrogens (tertiary/aromatic N) is 1. The molecule has 0 aliphatic carbocycles. The molecule has 0 saturated heterocycles. The van der Waals surface area contributed by atoms with E-state index in [2.05, 4.69) is 6.07 Å². The van der Waals surface area contributed by atoms with Gasteiger partial charge in [0, 0.05) is 17.8 Å². The smallest absolute Gasteiger partial charge is 0.124 e. The Morgan fingerprint density at radius 1 is 0.952 bits per heavy atom. The highest BCUT2D eigenvalue weighted by Gasteiger charge is 2.04. The molecule has 2 N–H and O–H groups in total. The third kappa shape index (κ3) is 3.80. The van der Waals surface area contributed by atoms with Crippen molar-refractivity contribution in [1.29, 1.82) is 5.26 Å². The molecule has 0 amide bonds. The fourth-order valence-corrected chi connectivity index (χ4v) is 1.89. The topological polar surface area (TPSA) is 77.5 Å². The number of nitrogen functional groups attached to an aromatic ring is 1. The first-order chi connectivity index (χ1) is 10.1. The molecule has 2 rings (SSSR count). The lowest BCUT2D eigenvalue weighted by molar-refractivity contribution is 0.302. The SMILES string of the molecule is COc1cc(N)cc(COc2cc(C#N)cc(OC)c2)c1. The standard InChI is InChI=1S/C16H16N2O3/c1-19-14-6-12(3-13(18)7-14)10-21-16-5-11(9-17)4-15(8-16)20-2/h3-8H,10,18H2,1-2H3. The van der Waals surface area contributed by atoms with E-state index in [0.29, 0.717) is 35.1 Å². The molecule has 0 aliphatic heterocycles. The summed E-state index contributed by atoms with van der Waals surface area (Å²) in [6.45, 7) is 0.319. The van der Waals surface area contributed by atoms with Crippen LogP contribution < -0.4 is 19.9 Å². The van der Waals surface area contributed by atoms with Crippen LogP contribution in [0.3, 0.4) is 0 Å². The predicted molar refractivity (Wildman–Crippen MR) is 79.4 cm³/mol. The van der Waals surface area contributed by atoms with Gasteiger partial charge < -0.3 is 19.9 Å². The Balaban J connectivity index is 2.16. The summed E-state index contributed by atoms with van der Waals surface area (Å²) in [4.78, 5) is 0. The molecule has 2 aromatic carbocycles. The molecule has 0 saturated carbocycles. The Hall–Kier alpha value is -2.87. The highest BCUT2D eigenvalue weighted by molar-refractivity contribution is 5.48. The zero-order chi connectivity index (χ0) is 15.2. The van der Waals surface area contributed by atoms with Gasteiger partial charge in [-0.05, 0) is 29.8 Å². The summed E-state index contributed by atoms with van der Waals surface area (Å²) >= 11 is 0. The summed E-state index contributed by atoms with van der Waals surface area (Å²) < 4.78 is 16.0. The fourth-order valence-electron chi connectivity index (χ4n) is 1.89. The molecule has 0 spiro atoms. The van der Waals surface area contributed by atoms with Crippen molar-refractivity contribution in [3.63, 3.8) is 0 Å². The number of hydrogen-bond acceptors (Lipinski definition) is 5. The maximum Gasteiger partial charge on any atom is 0.124 e. The van der Waals surface area contributed by atoms with Crippen LogP contribution in [0.15, 0.2) is 36.4 Å². The van der Waals surface area contributed by atoms with Crippen LogP contribution in [-0.2, 0) is 6.61 Å². The maximum absolute atomic E-state index is 8.98. The van der Waals surface area contributed by atoms with E-state index in [1.54, 1.807) is 38.5 Å². The number of rotatable bonds is 5. The quantitative estimate of drug-likeness (QED) is 0.854. The van der Waals surface area contributed by atoms with Gasteiger partial charge >= 0.3 is 0 Å². The second kappa shape index (κ2) is 6.53. The third-order valence-corrected chi connectivity index (χ3v) is 2.87. The van der Waals surface area contributed by atoms with Gasteiger partial charge in [0.1, 0.15) is 23.9 Å². The average Bonchev–Trinajstić information content (AvgIpc) is 2.51. The zero-order valence-corrected chi connectivity index (χ0v) is 11.9. The summed E-state index contributed by atoms with van der Waals surface area (Å²) in [5.74, 6) is 1.82. The van der Waals surface area contributed by atoms with Gasteiger partial charge in [-0.2, -0.15) is 5.26 Å². The predicted octanol–water partition coefficient (Wildman–Crippen LogP) is 2.74. The van der Waals surface area contributed by atoms with Crippen molar-refractivity contribution in [2.24, 2.45) is 0 Å². The van der Waals surface area contributed by atoms with E-state index in [1.165, 1.54) is 0 Å². The Kier molecular flexibility index (Phi) is 4.52. The van der Waals surface area contributed by atoms with Gasteiger partial charge in [0.05, 0.1) is 25.9 Å². The van der Waals surface area contributed by atoms with Gasteiger partial charge in [0.25, 0.3) is 0 Å². The minimum atomic E-state index is 0.319. The second-order valence-electron chi connectivity index (χ2n) is 4.41. The van der Waals surface area contributed by atoms with Crippen LogP contribution in [0.2, 0.25) is 0 Å². The van der Waals surface area contributed by atoms with E-state index < -0.39 is 0 Å². The van der Waals surface area contributed by atoms with Gasteiger partial charge in [-0.3, -0.25) is 0 Å². The van der Waals surface area contributed by atoms with Crippen molar-refractivity contribution in [2.75, 3.05) is 20.0 Å². The number of hydrogen-bond donors (Lipinski definition) is 1. The van der Waals surface area contributed by atoms with Gasteiger partial charge in [-0.25, -0.2) is 0 Å². The summed E-state index contributed by atoms with van der Waals surface area (Å²) in [5, 5.41) is 8.98. The summed E-state index contributed by atoms with van der Waals surface area (Å²) in [7, 11) is 3.13. The molecular formula is C16H16N2O3. The van der Waals surface area contributed by atoms with E-state index in [9.17, 15) is 0 Å². The fraction of sp³-hybridized carbons (Fsp3) is 0.188. The van der Waals surface area contributed by atoms with Crippen molar-refractivity contribution in [1.82, 2.24) is 0 Å². The van der Waals surface area contributed by atoms with Gasteiger partial charge in [-0.15, -0.1) is 0 Å². The molecular weight excluding hydrogens is 268 g/mol. The molecule has 0 atom stereocenters. The Labute approximate surface area is 123 Å². The minimum absolute atomic E-state index is 0.319. The van der Waals surface area contributed by atoms with Crippen LogP contribution in [-0.4, -0.2) is 14.2 Å². The molecule has 0 fully saturated rings. The van der Waals surface area contributed by atoms with Crippen LogP contribution >= 0.6 is 0 Å². The van der Waals surface area contributed by atoms with Crippen LogP contribution in [0.5, 0.6) is 17.2 Å². The Morgan fingerprint density at radius 3 is 2.29 bits per heavy atom. The lowest BCUT2D eigenvalue weighted by Crippen LogP contribution is -1.99. The van der Waals surface area contributed by atoms with Crippen LogP contribution in [0, 0.1) is 11.3 Å². The molecule has 0 bridgehead atoms. The van der Waals surface area contributed by atoms with Gasteiger partial charge in [0.15, 0.2) is 0 Å². The number of benzene rings is 2. The first-order valence-electron chi connectivity index (χ1n) is 6.30. The van der Waals surface area contributed by atoms with E-state index >= 15 is 0 Å². The van der Waals surface area contributed by atoms with Crippen LogP contribution in [0.1, 0.15) is 11.1 Å². The molecule has 0 aromatic heterocycles. The second-order valence-corrected chi connectivity index (χ2v) is 4.41. The van der Waals surface area contributed by atoms with Crippen LogP contribution in [0.25, 0.3) is 0 Å². The first kappa shape index (κ1) is 14.5. The minimum Gasteiger partial charge on any atom is -0.497 e. The van der Waals surface area contributed by atoms with Gasteiger partial charge in [-0.1, -0.05) is 0 Å². The van der Waals surface area contributed by atoms with Crippen molar-refractivity contribution in [2.45, 2.75) is 6.61 Å². The Morgan fingerprint density at radius 2 is 1.62 bits per heavy atom. The van der Waals surface area contributed by atoms with E-state index in [4.69, 9.17) is 25.2 Å². The summed E-state index contributed by atoms with van der Waals surface area (Å²) in [6, 6.07) is 12.5. The van der Waals surface area contributed by atoms with Gasteiger partial charge in [0.2, 0.25) is 0 Å². The molecule has 0 unspecified atom stereocenters. The first-order valence-corrected chi connectivity index (χ1v) is 6.30. The molecule has 0 heterocycles. The van der Waals surface area contributed by atoms with Crippen molar-refractivity contribution in [3.8, 4) is 23.3 Å². The molecule has 5 heteroatoms. The van der Waals surface area contributed by atoms with Crippen LogP contribution in [0.4, 0.5) is 5.69 Å². The summed E-state index contributed by atoms with van der Waals surface area (Å²) in [5.41, 5.74) is 7.77. The number of nitriles is 1. The van der Waals surface area contributed by atoms with Crippen molar-refractivity contribution >= 4 is 5.69 Å². The van der Waals surface area contributed by atoms with Crippen molar-refractivity contribution < 1.29 is 14.2 Å². The summed E-state index contributed by atoms with van der Waals surface area (Å²) in [6.07, 6.45) is 0. The molecule has 0 aliphatic rings. The number of methoxy groups -OCH3 is 2. The molecule has 0 radical (unpaired) electrons. The van der Waals surface area contributed by atoms with E-state index in [1.807, 2.05) is 12.1 Å². The highest BCUT2D eigenvalue weighted by atomic mass is 16.5. The molecule has 21 heavy (non-hydrogen) atoms. The number of anilines is 1. The van der Waals surface area contributed by atoms with Crippen molar-refractivity contribution in [3.05, 3.63) is 47.5 Å². The van der Waals surface area contributed by atoms with E-state index in [0.717, 1.165) is 5.56 Å². The Bertz CT molecular complexity index is 678. The largest absolute Gasteiger partial charge is 0.497 e. The monoisotopic (exact) mass is 284 g/mol. The molecule has 5 nitrogen and oxygen atoms in total. The highest BCUT2D eigenvalue weighted by Crippen LogP contribution is 2.24. The maximum atomic E-state index is 8.98. The molecule has 2 aromatic rings. The number of nitrogens with two attached hydrogens (primary N) is 1. The third-order valence-electron chi connectivity index (χ3n) is 2.87. The normalized spacial score (nSPS) is 9.76. The lowest BCUT2D eigenvalue weighted by atomic mass is 10.2.